The van der Waals surface area contributed by atoms with Gasteiger partial charge in [-0.3, -0.25) is 4.79 Å². The number of hydrogen-bond acceptors (Lipinski definition) is 3. The van der Waals surface area contributed by atoms with Gasteiger partial charge in [0.2, 0.25) is 0 Å². The van der Waals surface area contributed by atoms with Crippen LogP contribution in [-0.2, 0) is 6.42 Å². The van der Waals surface area contributed by atoms with Crippen molar-refractivity contribution in [3.63, 3.8) is 0 Å². The number of nitrogens with one attached hydrogen (secondary N) is 2. The molecule has 5 nitrogen and oxygen atoms in total. The van der Waals surface area contributed by atoms with Crippen LogP contribution in [0.4, 0.5) is 0 Å². The predicted octanol–water partition coefficient (Wildman–Crippen LogP) is 4.93. The lowest BCUT2D eigenvalue weighted by Gasteiger charge is -2.13. The van der Waals surface area contributed by atoms with Crippen molar-refractivity contribution in [3.8, 4) is 5.13 Å². The maximum absolute atomic E-state index is 12.8. The molecular weight excluding hydrogens is 380 g/mol. The Hall–Kier alpha value is -3.38. The van der Waals surface area contributed by atoms with Crippen molar-refractivity contribution in [1.29, 1.82) is 0 Å². The number of para-hydroxylation sites is 1. The van der Waals surface area contributed by atoms with E-state index in [1.54, 1.807) is 11.3 Å². The molecule has 5 aromatic rings. The van der Waals surface area contributed by atoms with Gasteiger partial charge in [-0.15, -0.1) is 0 Å². The maximum atomic E-state index is 12.8. The van der Waals surface area contributed by atoms with Gasteiger partial charge in [-0.2, -0.15) is 0 Å². The summed E-state index contributed by atoms with van der Waals surface area (Å²) < 4.78 is 2.99. The second kappa shape index (κ2) is 7.22. The summed E-state index contributed by atoms with van der Waals surface area (Å²) in [5, 5.41) is 5.23. The number of benzene rings is 2. The summed E-state index contributed by atoms with van der Waals surface area (Å²) in [5.41, 5.74) is 3.89. The number of hydrogen-bond donors (Lipinski definition) is 2. The van der Waals surface area contributed by atoms with Gasteiger partial charge in [-0.25, -0.2) is 4.98 Å². The predicted molar refractivity (Wildman–Crippen MR) is 118 cm³/mol. The summed E-state index contributed by atoms with van der Waals surface area (Å²) >= 11 is 1.58. The lowest BCUT2D eigenvalue weighted by atomic mass is 10.1. The number of nitrogens with zero attached hydrogens (tertiary/aromatic N) is 2. The first-order valence-electron chi connectivity index (χ1n) is 9.57. The van der Waals surface area contributed by atoms with E-state index in [9.17, 15) is 4.79 Å². The molecule has 3 heterocycles. The van der Waals surface area contributed by atoms with E-state index in [1.165, 1.54) is 10.9 Å². The second-order valence-corrected chi connectivity index (χ2v) is 8.22. The van der Waals surface area contributed by atoms with Gasteiger partial charge in [0.25, 0.3) is 5.91 Å². The van der Waals surface area contributed by atoms with Gasteiger partial charge in [-0.1, -0.05) is 29.5 Å². The normalized spacial score (nSPS) is 12.4. The molecule has 0 bridgehead atoms. The highest BCUT2D eigenvalue weighted by Crippen LogP contribution is 2.26. The highest BCUT2D eigenvalue weighted by molar-refractivity contribution is 7.20. The third kappa shape index (κ3) is 3.43. The highest BCUT2D eigenvalue weighted by atomic mass is 32.1. The van der Waals surface area contributed by atoms with Crippen LogP contribution in [0.15, 0.2) is 73.2 Å². The lowest BCUT2D eigenvalue weighted by Crippen LogP contribution is -2.34. The van der Waals surface area contributed by atoms with Crippen molar-refractivity contribution >= 4 is 38.4 Å². The zero-order valence-corrected chi connectivity index (χ0v) is 16.7. The van der Waals surface area contributed by atoms with E-state index < -0.39 is 0 Å². The molecule has 144 valence electrons. The average molecular weight is 401 g/mol. The van der Waals surface area contributed by atoms with Crippen LogP contribution in [0.3, 0.4) is 0 Å². The molecule has 5 rings (SSSR count). The summed E-state index contributed by atoms with van der Waals surface area (Å²) in [6.07, 6.45) is 6.74. The molecule has 29 heavy (non-hydrogen) atoms. The first-order chi connectivity index (χ1) is 14.2. The van der Waals surface area contributed by atoms with Crippen molar-refractivity contribution in [2.75, 3.05) is 0 Å². The Morgan fingerprint density at radius 1 is 1.17 bits per heavy atom. The van der Waals surface area contributed by atoms with Crippen LogP contribution in [0.1, 0.15) is 22.8 Å². The summed E-state index contributed by atoms with van der Waals surface area (Å²) in [5.74, 6) is -0.0600. The Kier molecular flexibility index (Phi) is 4.41. The van der Waals surface area contributed by atoms with E-state index in [-0.39, 0.29) is 11.9 Å². The van der Waals surface area contributed by atoms with Gasteiger partial charge in [0.15, 0.2) is 5.13 Å². The quantitative estimate of drug-likeness (QED) is 0.439. The Labute approximate surface area is 172 Å². The molecule has 0 radical (unpaired) electrons. The van der Waals surface area contributed by atoms with Crippen molar-refractivity contribution in [2.45, 2.75) is 19.4 Å². The van der Waals surface area contributed by atoms with Crippen LogP contribution in [0, 0.1) is 0 Å². The first-order valence-corrected chi connectivity index (χ1v) is 10.4. The van der Waals surface area contributed by atoms with E-state index in [0.717, 1.165) is 27.3 Å². The van der Waals surface area contributed by atoms with Crippen LogP contribution in [0.2, 0.25) is 0 Å². The highest BCUT2D eigenvalue weighted by Gasteiger charge is 2.14. The first kappa shape index (κ1) is 17.7. The number of aromatic nitrogens is 3. The van der Waals surface area contributed by atoms with Gasteiger partial charge in [0, 0.05) is 41.1 Å². The summed E-state index contributed by atoms with van der Waals surface area (Å²) in [6.45, 7) is 2.04. The SMILES string of the molecule is C[C@H](Cc1c[nH]c2ccccc12)NC(=O)c1ccc2nc(-n3cccc3)sc2c1. The van der Waals surface area contributed by atoms with Crippen molar-refractivity contribution < 1.29 is 4.79 Å². The van der Waals surface area contributed by atoms with E-state index in [0.29, 0.717) is 5.56 Å². The topological polar surface area (TPSA) is 62.7 Å². The van der Waals surface area contributed by atoms with Crippen molar-refractivity contribution in [3.05, 3.63) is 84.3 Å². The number of amides is 1. The summed E-state index contributed by atoms with van der Waals surface area (Å²) in [4.78, 5) is 20.7. The Bertz CT molecular complexity index is 1300. The molecule has 6 heteroatoms. The molecule has 2 aromatic carbocycles. The largest absolute Gasteiger partial charge is 0.361 e. The van der Waals surface area contributed by atoms with Crippen LogP contribution in [-0.4, -0.2) is 26.5 Å². The Morgan fingerprint density at radius 3 is 2.86 bits per heavy atom. The van der Waals surface area contributed by atoms with Gasteiger partial charge >= 0.3 is 0 Å². The van der Waals surface area contributed by atoms with Gasteiger partial charge in [0.05, 0.1) is 10.2 Å². The van der Waals surface area contributed by atoms with Gasteiger partial charge in [0.1, 0.15) is 0 Å². The molecule has 0 aliphatic heterocycles. The maximum Gasteiger partial charge on any atom is 0.251 e. The molecule has 0 saturated carbocycles. The van der Waals surface area contributed by atoms with Crippen LogP contribution < -0.4 is 5.32 Å². The molecular formula is C23H20N4OS. The average Bonchev–Trinajstić information content (AvgIpc) is 3.47. The fourth-order valence-corrected chi connectivity index (χ4v) is 4.59. The number of carbonyl (C=O) groups excluding carboxylic acids is 1. The third-order valence-electron chi connectivity index (χ3n) is 5.04. The number of thiazole rings is 1. The summed E-state index contributed by atoms with van der Waals surface area (Å²) in [6, 6.07) is 17.9. The van der Waals surface area contributed by atoms with Crippen LogP contribution >= 0.6 is 11.3 Å². The number of fused-ring (bicyclic) bond motifs is 2. The lowest BCUT2D eigenvalue weighted by molar-refractivity contribution is 0.0940. The molecule has 1 amide bonds. The monoisotopic (exact) mass is 400 g/mol. The van der Waals surface area contributed by atoms with E-state index in [4.69, 9.17) is 0 Å². The van der Waals surface area contributed by atoms with E-state index in [2.05, 4.69) is 27.4 Å². The molecule has 0 unspecified atom stereocenters. The fraction of sp³-hybridized carbons (Fsp3) is 0.130. The van der Waals surface area contributed by atoms with E-state index >= 15 is 0 Å². The minimum Gasteiger partial charge on any atom is -0.361 e. The molecule has 0 spiro atoms. The minimum atomic E-state index is -0.0600. The zero-order valence-electron chi connectivity index (χ0n) is 15.9. The number of H-pyrrole nitrogens is 1. The third-order valence-corrected chi connectivity index (χ3v) is 6.07. The van der Waals surface area contributed by atoms with E-state index in [1.807, 2.05) is 72.5 Å². The molecule has 0 aliphatic carbocycles. The molecule has 0 fully saturated rings. The Morgan fingerprint density at radius 2 is 2.00 bits per heavy atom. The van der Waals surface area contributed by atoms with Gasteiger partial charge in [-0.05, 0) is 55.3 Å². The second-order valence-electron chi connectivity index (χ2n) is 7.21. The smallest absolute Gasteiger partial charge is 0.251 e. The molecule has 0 aliphatic rings. The standard InChI is InChI=1S/C23H20N4OS/c1-15(12-17-14-24-19-7-3-2-6-18(17)19)25-22(28)16-8-9-20-21(13-16)29-23(26-20)27-10-4-5-11-27/h2-11,13-15,24H,12H2,1H3,(H,25,28)/t15-/m1/s1. The van der Waals surface area contributed by atoms with Crippen LogP contribution in [0.5, 0.6) is 0 Å². The number of rotatable bonds is 5. The number of carbonyl (C=O) groups is 1. The number of aromatic amines is 1. The van der Waals surface area contributed by atoms with Crippen molar-refractivity contribution in [1.82, 2.24) is 19.9 Å². The van der Waals surface area contributed by atoms with Crippen LogP contribution in [0.25, 0.3) is 26.3 Å². The molecule has 1 atom stereocenters. The summed E-state index contributed by atoms with van der Waals surface area (Å²) in [7, 11) is 0. The van der Waals surface area contributed by atoms with Gasteiger partial charge < -0.3 is 14.9 Å². The fourth-order valence-electron chi connectivity index (χ4n) is 3.61. The van der Waals surface area contributed by atoms with Crippen molar-refractivity contribution in [2.24, 2.45) is 0 Å². The molecule has 0 saturated heterocycles. The zero-order chi connectivity index (χ0) is 19.8. The Balaban J connectivity index is 1.32. The molecule has 2 N–H and O–H groups in total. The minimum absolute atomic E-state index is 0.0225. The molecule has 3 aromatic heterocycles.